The minimum Gasteiger partial charge on any atom is -0.387 e. The smallest absolute Gasteiger partial charge is 0.138 e. The zero-order chi connectivity index (χ0) is 14.7. The quantitative estimate of drug-likeness (QED) is 0.757. The van der Waals surface area contributed by atoms with Crippen molar-refractivity contribution in [1.82, 2.24) is 15.0 Å². The van der Waals surface area contributed by atoms with Crippen LogP contribution < -0.4 is 10.6 Å². The van der Waals surface area contributed by atoms with Gasteiger partial charge in [-0.3, -0.25) is 4.98 Å². The minimum atomic E-state index is 0.627. The Bertz CT molecular complexity index is 753. The standard InChI is InChI=1S/C15H17N5S/c1-3-13-19-14(10-6-8-21-15(10)20-13)18-9-12-11(16-2)5-4-7-17-12/h4-8,16H,3,9H2,1-2H3,(H,18,19,20). The van der Waals surface area contributed by atoms with Crippen LogP contribution in [0.25, 0.3) is 10.2 Å². The maximum Gasteiger partial charge on any atom is 0.138 e. The lowest BCUT2D eigenvalue weighted by Gasteiger charge is -2.11. The van der Waals surface area contributed by atoms with E-state index in [-0.39, 0.29) is 0 Å². The molecular weight excluding hydrogens is 282 g/mol. The van der Waals surface area contributed by atoms with Crippen molar-refractivity contribution in [3.8, 4) is 0 Å². The monoisotopic (exact) mass is 299 g/mol. The number of nitrogens with one attached hydrogen (secondary N) is 2. The Morgan fingerprint density at radius 2 is 2.14 bits per heavy atom. The normalized spacial score (nSPS) is 10.8. The van der Waals surface area contributed by atoms with E-state index < -0.39 is 0 Å². The van der Waals surface area contributed by atoms with Gasteiger partial charge < -0.3 is 10.6 Å². The molecule has 0 radical (unpaired) electrons. The number of hydrogen-bond donors (Lipinski definition) is 2. The Labute approximate surface area is 127 Å². The van der Waals surface area contributed by atoms with Gasteiger partial charge in [0.25, 0.3) is 0 Å². The zero-order valence-corrected chi connectivity index (χ0v) is 12.9. The molecule has 3 aromatic rings. The molecule has 0 aliphatic carbocycles. The van der Waals surface area contributed by atoms with E-state index in [1.807, 2.05) is 24.6 Å². The van der Waals surface area contributed by atoms with Crippen LogP contribution in [0, 0.1) is 0 Å². The summed E-state index contributed by atoms with van der Waals surface area (Å²) in [7, 11) is 1.90. The molecule has 2 N–H and O–H groups in total. The molecule has 0 aliphatic heterocycles. The fourth-order valence-corrected chi connectivity index (χ4v) is 2.95. The number of fused-ring (bicyclic) bond motifs is 1. The molecule has 0 unspecified atom stereocenters. The van der Waals surface area contributed by atoms with Crippen molar-refractivity contribution >= 4 is 33.1 Å². The van der Waals surface area contributed by atoms with E-state index in [1.165, 1.54) is 0 Å². The van der Waals surface area contributed by atoms with E-state index in [4.69, 9.17) is 0 Å². The molecule has 0 spiro atoms. The van der Waals surface area contributed by atoms with Crippen LogP contribution in [0.3, 0.4) is 0 Å². The summed E-state index contributed by atoms with van der Waals surface area (Å²) in [6, 6.07) is 5.99. The first-order valence-corrected chi connectivity index (χ1v) is 7.79. The van der Waals surface area contributed by atoms with Crippen LogP contribution in [-0.4, -0.2) is 22.0 Å². The Balaban J connectivity index is 1.89. The van der Waals surface area contributed by atoms with Crippen molar-refractivity contribution in [2.75, 3.05) is 17.7 Å². The number of thiophene rings is 1. The molecule has 3 heterocycles. The summed E-state index contributed by atoms with van der Waals surface area (Å²) >= 11 is 1.64. The second-order valence-corrected chi connectivity index (χ2v) is 5.48. The van der Waals surface area contributed by atoms with Crippen molar-refractivity contribution in [3.63, 3.8) is 0 Å². The number of rotatable bonds is 5. The maximum atomic E-state index is 4.60. The summed E-state index contributed by atoms with van der Waals surface area (Å²) in [5.41, 5.74) is 2.00. The van der Waals surface area contributed by atoms with Gasteiger partial charge in [-0.1, -0.05) is 6.92 Å². The van der Waals surface area contributed by atoms with E-state index in [9.17, 15) is 0 Å². The summed E-state index contributed by atoms with van der Waals surface area (Å²) < 4.78 is 0. The topological polar surface area (TPSA) is 62.7 Å². The van der Waals surface area contributed by atoms with Gasteiger partial charge in [0.05, 0.1) is 23.3 Å². The molecule has 0 saturated carbocycles. The van der Waals surface area contributed by atoms with Crippen LogP contribution in [0.5, 0.6) is 0 Å². The Morgan fingerprint density at radius 1 is 1.24 bits per heavy atom. The van der Waals surface area contributed by atoms with E-state index in [0.29, 0.717) is 6.54 Å². The molecule has 6 heteroatoms. The summed E-state index contributed by atoms with van der Waals surface area (Å²) in [5.74, 6) is 1.74. The van der Waals surface area contributed by atoms with Crippen molar-refractivity contribution in [3.05, 3.63) is 41.3 Å². The van der Waals surface area contributed by atoms with Gasteiger partial charge in [-0.25, -0.2) is 9.97 Å². The average Bonchev–Trinajstić information content (AvgIpc) is 3.01. The average molecular weight is 299 g/mol. The van der Waals surface area contributed by atoms with Crippen LogP contribution in [0.4, 0.5) is 11.5 Å². The molecule has 0 saturated heterocycles. The highest BCUT2D eigenvalue weighted by molar-refractivity contribution is 7.16. The van der Waals surface area contributed by atoms with Gasteiger partial charge in [-0.15, -0.1) is 11.3 Å². The lowest BCUT2D eigenvalue weighted by molar-refractivity contribution is 0.950. The van der Waals surface area contributed by atoms with E-state index >= 15 is 0 Å². The molecule has 21 heavy (non-hydrogen) atoms. The van der Waals surface area contributed by atoms with Crippen LogP contribution in [0.1, 0.15) is 18.4 Å². The van der Waals surface area contributed by atoms with Crippen molar-refractivity contribution in [1.29, 1.82) is 0 Å². The second-order valence-electron chi connectivity index (χ2n) is 4.58. The van der Waals surface area contributed by atoms with Gasteiger partial charge in [-0.05, 0) is 23.6 Å². The summed E-state index contributed by atoms with van der Waals surface area (Å²) in [4.78, 5) is 14.6. The van der Waals surface area contributed by atoms with Crippen LogP contribution in [0.2, 0.25) is 0 Å². The third kappa shape index (κ3) is 2.80. The predicted molar refractivity (Wildman–Crippen MR) is 87.9 cm³/mol. The largest absolute Gasteiger partial charge is 0.387 e. The lowest BCUT2D eigenvalue weighted by Crippen LogP contribution is -2.08. The van der Waals surface area contributed by atoms with Gasteiger partial charge in [0.15, 0.2) is 0 Å². The first kappa shape index (κ1) is 13.8. The molecule has 3 rings (SSSR count). The molecule has 0 atom stereocenters. The highest BCUT2D eigenvalue weighted by Crippen LogP contribution is 2.26. The number of nitrogens with zero attached hydrogens (tertiary/aromatic N) is 3. The van der Waals surface area contributed by atoms with Crippen LogP contribution in [-0.2, 0) is 13.0 Å². The maximum absolute atomic E-state index is 4.60. The number of anilines is 2. The van der Waals surface area contributed by atoms with Crippen LogP contribution in [0.15, 0.2) is 29.8 Å². The molecular formula is C15H17N5S. The molecule has 0 amide bonds. The molecule has 108 valence electrons. The molecule has 5 nitrogen and oxygen atoms in total. The van der Waals surface area contributed by atoms with Crippen molar-refractivity contribution in [2.24, 2.45) is 0 Å². The fourth-order valence-electron chi connectivity index (χ4n) is 2.17. The van der Waals surface area contributed by atoms with Crippen molar-refractivity contribution in [2.45, 2.75) is 19.9 Å². The summed E-state index contributed by atoms with van der Waals surface area (Å²) in [6.45, 7) is 2.69. The molecule has 0 fully saturated rings. The Kier molecular flexibility index (Phi) is 3.96. The van der Waals surface area contributed by atoms with E-state index in [2.05, 4.69) is 38.6 Å². The van der Waals surface area contributed by atoms with Gasteiger partial charge in [0, 0.05) is 19.7 Å². The predicted octanol–water partition coefficient (Wildman–Crippen LogP) is 3.30. The first-order chi connectivity index (χ1) is 10.3. The highest BCUT2D eigenvalue weighted by atomic mass is 32.1. The Morgan fingerprint density at radius 3 is 2.95 bits per heavy atom. The van der Waals surface area contributed by atoms with Gasteiger partial charge in [0.2, 0.25) is 0 Å². The zero-order valence-electron chi connectivity index (χ0n) is 12.1. The first-order valence-electron chi connectivity index (χ1n) is 6.91. The third-order valence-corrected chi connectivity index (χ3v) is 4.08. The van der Waals surface area contributed by atoms with Crippen molar-refractivity contribution < 1.29 is 0 Å². The number of hydrogen-bond acceptors (Lipinski definition) is 6. The summed E-state index contributed by atoms with van der Waals surface area (Å²) in [5, 5.41) is 9.66. The van der Waals surface area contributed by atoms with E-state index in [0.717, 1.165) is 39.7 Å². The number of aromatic nitrogens is 3. The molecule has 0 aromatic carbocycles. The number of aryl methyl sites for hydroxylation is 1. The third-order valence-electron chi connectivity index (χ3n) is 3.27. The minimum absolute atomic E-state index is 0.627. The van der Waals surface area contributed by atoms with E-state index in [1.54, 1.807) is 17.5 Å². The Hall–Kier alpha value is -2.21. The SMILES string of the molecule is CCc1nc(NCc2ncccc2NC)c2ccsc2n1. The van der Waals surface area contributed by atoms with Gasteiger partial charge >= 0.3 is 0 Å². The van der Waals surface area contributed by atoms with Gasteiger partial charge in [0.1, 0.15) is 16.5 Å². The lowest BCUT2D eigenvalue weighted by atomic mass is 10.3. The second kappa shape index (κ2) is 6.05. The van der Waals surface area contributed by atoms with Gasteiger partial charge in [-0.2, -0.15) is 0 Å². The molecule has 3 aromatic heterocycles. The highest BCUT2D eigenvalue weighted by Gasteiger charge is 2.09. The summed E-state index contributed by atoms with van der Waals surface area (Å²) in [6.07, 6.45) is 2.63. The fraction of sp³-hybridized carbons (Fsp3) is 0.267. The molecule has 0 aliphatic rings. The molecule has 0 bridgehead atoms. The van der Waals surface area contributed by atoms with Crippen LogP contribution >= 0.6 is 11.3 Å². The number of pyridine rings is 1.